The van der Waals surface area contributed by atoms with E-state index in [0.717, 1.165) is 5.52 Å². The van der Waals surface area contributed by atoms with Crippen molar-refractivity contribution in [1.29, 1.82) is 0 Å². The Morgan fingerprint density at radius 2 is 2.27 bits per heavy atom. The van der Waals surface area contributed by atoms with Gasteiger partial charge in [0.05, 0.1) is 0 Å². The van der Waals surface area contributed by atoms with E-state index in [-0.39, 0.29) is 0 Å². The molecule has 2 rings (SSSR count). The van der Waals surface area contributed by atoms with Gasteiger partial charge in [-0.15, -0.1) is 0 Å². The van der Waals surface area contributed by atoms with Crippen molar-refractivity contribution in [3.63, 3.8) is 0 Å². The molecule has 2 aromatic rings. The highest BCUT2D eigenvalue weighted by Gasteiger charge is 1.96. The molecule has 0 spiro atoms. The zero-order valence-electron chi connectivity index (χ0n) is 6.36. The minimum atomic E-state index is 1.04. The first-order chi connectivity index (χ1) is 5.36. The van der Waals surface area contributed by atoms with Gasteiger partial charge in [0.25, 0.3) is 0 Å². The van der Waals surface area contributed by atoms with Gasteiger partial charge in [-0.3, -0.25) is 0 Å². The molecular formula is C9H9N2+. The highest BCUT2D eigenvalue weighted by Crippen LogP contribution is 2.05. The molecule has 2 nitrogen and oxygen atoms in total. The maximum Gasteiger partial charge on any atom is 0.195 e. The summed E-state index contributed by atoms with van der Waals surface area (Å²) in [6.45, 7) is 0. The zero-order valence-corrected chi connectivity index (χ0v) is 6.36. The number of aromatic nitrogens is 2. The second-order valence-electron chi connectivity index (χ2n) is 2.59. The fraction of sp³-hybridized carbons (Fsp3) is 0.111. The SMILES string of the molecule is C[n+]1ccc2cccnc2c1. The molecule has 0 radical (unpaired) electrons. The smallest absolute Gasteiger partial charge is 0.195 e. The van der Waals surface area contributed by atoms with Gasteiger partial charge in [0.2, 0.25) is 0 Å². The van der Waals surface area contributed by atoms with Gasteiger partial charge >= 0.3 is 0 Å². The molecule has 0 unspecified atom stereocenters. The van der Waals surface area contributed by atoms with Gasteiger partial charge in [0.15, 0.2) is 12.4 Å². The quantitative estimate of drug-likeness (QED) is 0.506. The predicted molar refractivity (Wildman–Crippen MR) is 42.9 cm³/mol. The monoisotopic (exact) mass is 145 g/mol. The Hall–Kier alpha value is -1.44. The third-order valence-electron chi connectivity index (χ3n) is 1.69. The number of rotatable bonds is 0. The van der Waals surface area contributed by atoms with Gasteiger partial charge in [0.1, 0.15) is 12.6 Å². The molecule has 2 heterocycles. The van der Waals surface area contributed by atoms with Crippen LogP contribution in [0.3, 0.4) is 0 Å². The Morgan fingerprint density at radius 3 is 3.18 bits per heavy atom. The van der Waals surface area contributed by atoms with E-state index in [9.17, 15) is 0 Å². The summed E-state index contributed by atoms with van der Waals surface area (Å²) in [6.07, 6.45) is 5.83. The Morgan fingerprint density at radius 1 is 1.36 bits per heavy atom. The van der Waals surface area contributed by atoms with Crippen LogP contribution < -0.4 is 4.57 Å². The molecule has 0 aliphatic rings. The highest BCUT2D eigenvalue weighted by molar-refractivity contribution is 5.75. The standard InChI is InChI=1S/C9H9N2/c1-11-6-4-8-3-2-5-10-9(8)7-11/h2-7H,1H3/q+1. The molecule has 0 aromatic carbocycles. The summed E-state index contributed by atoms with van der Waals surface area (Å²) in [5.41, 5.74) is 1.04. The first-order valence-corrected chi connectivity index (χ1v) is 3.56. The summed E-state index contributed by atoms with van der Waals surface area (Å²) in [5.74, 6) is 0. The fourth-order valence-electron chi connectivity index (χ4n) is 1.11. The summed E-state index contributed by atoms with van der Waals surface area (Å²) in [5, 5.41) is 1.19. The molecule has 0 atom stereocenters. The molecule has 0 bridgehead atoms. The van der Waals surface area contributed by atoms with Gasteiger partial charge in [-0.1, -0.05) is 6.07 Å². The van der Waals surface area contributed by atoms with Gasteiger partial charge < -0.3 is 0 Å². The molecule has 0 aliphatic carbocycles. The molecule has 2 aromatic heterocycles. The maximum absolute atomic E-state index is 4.22. The number of pyridine rings is 2. The van der Waals surface area contributed by atoms with Crippen LogP contribution in [-0.4, -0.2) is 4.98 Å². The second kappa shape index (κ2) is 2.31. The van der Waals surface area contributed by atoms with E-state index in [4.69, 9.17) is 0 Å². The lowest BCUT2D eigenvalue weighted by Gasteiger charge is -1.91. The molecular weight excluding hydrogens is 136 g/mol. The highest BCUT2D eigenvalue weighted by atomic mass is 14.9. The van der Waals surface area contributed by atoms with Gasteiger partial charge in [-0.2, -0.15) is 0 Å². The average Bonchev–Trinajstić information content (AvgIpc) is 2.04. The lowest BCUT2D eigenvalue weighted by Crippen LogP contribution is -2.25. The van der Waals surface area contributed by atoms with Crippen molar-refractivity contribution in [3.05, 3.63) is 36.8 Å². The Balaban J connectivity index is 2.83. The summed E-state index contributed by atoms with van der Waals surface area (Å²) in [7, 11) is 1.99. The summed E-state index contributed by atoms with van der Waals surface area (Å²) < 4.78 is 2.00. The van der Waals surface area contributed by atoms with E-state index in [1.54, 1.807) is 0 Å². The average molecular weight is 145 g/mol. The molecule has 0 saturated carbocycles. The van der Waals surface area contributed by atoms with Gasteiger partial charge in [-0.25, -0.2) is 9.55 Å². The first-order valence-electron chi connectivity index (χ1n) is 3.56. The lowest BCUT2D eigenvalue weighted by atomic mass is 10.3. The predicted octanol–water partition coefficient (Wildman–Crippen LogP) is 1.06. The summed E-state index contributed by atoms with van der Waals surface area (Å²) in [4.78, 5) is 4.22. The third kappa shape index (κ3) is 1.07. The van der Waals surface area contributed by atoms with Crippen LogP contribution >= 0.6 is 0 Å². The number of hydrogen-bond donors (Lipinski definition) is 0. The van der Waals surface area contributed by atoms with Crippen molar-refractivity contribution in [2.45, 2.75) is 0 Å². The normalized spacial score (nSPS) is 10.3. The largest absolute Gasteiger partial charge is 0.250 e. The van der Waals surface area contributed by atoms with E-state index < -0.39 is 0 Å². The van der Waals surface area contributed by atoms with Crippen LogP contribution in [0.25, 0.3) is 10.9 Å². The second-order valence-corrected chi connectivity index (χ2v) is 2.59. The van der Waals surface area contributed by atoms with E-state index in [2.05, 4.69) is 17.1 Å². The van der Waals surface area contributed by atoms with E-state index in [1.807, 2.05) is 36.3 Å². The van der Waals surface area contributed by atoms with Crippen LogP contribution in [0.4, 0.5) is 0 Å². The van der Waals surface area contributed by atoms with Crippen molar-refractivity contribution in [1.82, 2.24) is 4.98 Å². The van der Waals surface area contributed by atoms with Crippen LogP contribution in [0.15, 0.2) is 36.8 Å². The fourth-order valence-corrected chi connectivity index (χ4v) is 1.11. The number of nitrogens with zero attached hydrogens (tertiary/aromatic N) is 2. The Labute approximate surface area is 65.1 Å². The molecule has 0 saturated heterocycles. The number of aryl methyl sites for hydroxylation is 1. The molecule has 0 N–H and O–H groups in total. The van der Waals surface area contributed by atoms with Crippen LogP contribution in [0, 0.1) is 0 Å². The zero-order chi connectivity index (χ0) is 7.68. The van der Waals surface area contributed by atoms with Crippen LogP contribution in [0.5, 0.6) is 0 Å². The van der Waals surface area contributed by atoms with E-state index >= 15 is 0 Å². The molecule has 54 valence electrons. The van der Waals surface area contributed by atoms with Crippen molar-refractivity contribution >= 4 is 10.9 Å². The Bertz CT molecular complexity index is 382. The first kappa shape index (κ1) is 6.28. The third-order valence-corrected chi connectivity index (χ3v) is 1.69. The van der Waals surface area contributed by atoms with Crippen LogP contribution in [0.1, 0.15) is 0 Å². The number of fused-ring (bicyclic) bond motifs is 1. The molecule has 2 heteroatoms. The van der Waals surface area contributed by atoms with Crippen molar-refractivity contribution in [2.24, 2.45) is 7.05 Å². The lowest BCUT2D eigenvalue weighted by molar-refractivity contribution is -0.670. The van der Waals surface area contributed by atoms with Crippen molar-refractivity contribution in [3.8, 4) is 0 Å². The minimum Gasteiger partial charge on any atom is -0.250 e. The van der Waals surface area contributed by atoms with Crippen molar-refractivity contribution < 1.29 is 4.57 Å². The Kier molecular flexibility index (Phi) is 1.32. The summed E-state index contributed by atoms with van der Waals surface area (Å²) in [6, 6.07) is 6.06. The molecule has 0 fully saturated rings. The summed E-state index contributed by atoms with van der Waals surface area (Å²) >= 11 is 0. The maximum atomic E-state index is 4.22. The molecule has 0 amide bonds. The van der Waals surface area contributed by atoms with Gasteiger partial charge in [0, 0.05) is 17.6 Å². The van der Waals surface area contributed by atoms with Crippen molar-refractivity contribution in [2.75, 3.05) is 0 Å². The minimum absolute atomic E-state index is 1.04. The van der Waals surface area contributed by atoms with Crippen LogP contribution in [0.2, 0.25) is 0 Å². The number of hydrogen-bond acceptors (Lipinski definition) is 1. The van der Waals surface area contributed by atoms with Gasteiger partial charge in [-0.05, 0) is 6.07 Å². The van der Waals surface area contributed by atoms with E-state index in [1.165, 1.54) is 5.39 Å². The topological polar surface area (TPSA) is 16.8 Å². The molecule has 0 aliphatic heterocycles. The van der Waals surface area contributed by atoms with Crippen LogP contribution in [-0.2, 0) is 7.05 Å². The molecule has 11 heavy (non-hydrogen) atoms. The van der Waals surface area contributed by atoms with E-state index in [0.29, 0.717) is 0 Å².